The lowest BCUT2D eigenvalue weighted by molar-refractivity contribution is -0.384. The molecule has 0 aliphatic rings. The lowest BCUT2D eigenvalue weighted by Gasteiger charge is -2.10. The van der Waals surface area contributed by atoms with Crippen molar-refractivity contribution in [3.8, 4) is 0 Å². The molecule has 0 amide bonds. The molecule has 1 N–H and O–H groups in total. The second kappa shape index (κ2) is 5.82. The molecular weight excluding hydrogens is 230 g/mol. The van der Waals surface area contributed by atoms with E-state index < -0.39 is 11.0 Å². The number of benzene rings is 1. The van der Waals surface area contributed by atoms with Crippen LogP contribution >= 0.6 is 11.6 Å². The van der Waals surface area contributed by atoms with Crippen LogP contribution in [0.1, 0.15) is 25.3 Å². The number of halogens is 1. The smallest absolute Gasteiger partial charge is 0.270 e. The zero-order valence-electron chi connectivity index (χ0n) is 9.02. The lowest BCUT2D eigenvalue weighted by atomic mass is 10.0. The predicted molar refractivity (Wildman–Crippen MR) is 62.7 cm³/mol. The molecule has 0 heterocycles. The number of nitrogens with zero attached hydrogens (tertiary/aromatic N) is 1. The summed E-state index contributed by atoms with van der Waals surface area (Å²) < 4.78 is 0. The summed E-state index contributed by atoms with van der Waals surface area (Å²) in [7, 11) is 0. The van der Waals surface area contributed by atoms with Crippen molar-refractivity contribution in [3.63, 3.8) is 0 Å². The normalized spacial score (nSPS) is 12.4. The molecule has 0 radical (unpaired) electrons. The van der Waals surface area contributed by atoms with Gasteiger partial charge in [-0.3, -0.25) is 10.1 Å². The monoisotopic (exact) mass is 243 g/mol. The summed E-state index contributed by atoms with van der Waals surface area (Å²) in [5, 5.41) is 20.4. The van der Waals surface area contributed by atoms with Gasteiger partial charge in [-0.05, 0) is 18.4 Å². The Morgan fingerprint density at radius 3 is 2.75 bits per heavy atom. The van der Waals surface area contributed by atoms with E-state index in [-0.39, 0.29) is 5.69 Å². The first-order valence-electron chi connectivity index (χ1n) is 5.15. The first-order valence-corrected chi connectivity index (χ1v) is 5.53. The fourth-order valence-electron chi connectivity index (χ4n) is 1.50. The van der Waals surface area contributed by atoms with Crippen molar-refractivity contribution in [2.24, 2.45) is 0 Å². The van der Waals surface area contributed by atoms with Gasteiger partial charge in [-0.1, -0.05) is 31.0 Å². The molecule has 0 aliphatic heterocycles. The van der Waals surface area contributed by atoms with Crippen LogP contribution in [0.2, 0.25) is 5.02 Å². The topological polar surface area (TPSA) is 63.4 Å². The molecule has 0 saturated carbocycles. The highest BCUT2D eigenvalue weighted by Gasteiger charge is 2.12. The fourth-order valence-corrected chi connectivity index (χ4v) is 1.76. The van der Waals surface area contributed by atoms with Crippen molar-refractivity contribution in [2.75, 3.05) is 0 Å². The van der Waals surface area contributed by atoms with Gasteiger partial charge in [0.05, 0.1) is 16.0 Å². The van der Waals surface area contributed by atoms with E-state index in [1.165, 1.54) is 12.1 Å². The van der Waals surface area contributed by atoms with Gasteiger partial charge < -0.3 is 5.11 Å². The molecule has 0 aliphatic carbocycles. The van der Waals surface area contributed by atoms with Gasteiger partial charge in [0.1, 0.15) is 0 Å². The Labute approximate surface area is 99.0 Å². The second-order valence-corrected chi connectivity index (χ2v) is 4.09. The van der Waals surface area contributed by atoms with E-state index in [4.69, 9.17) is 11.6 Å². The van der Waals surface area contributed by atoms with E-state index in [9.17, 15) is 15.2 Å². The third-order valence-corrected chi connectivity index (χ3v) is 2.68. The summed E-state index contributed by atoms with van der Waals surface area (Å²) in [5.74, 6) is 0. The Balaban J connectivity index is 2.79. The molecule has 1 atom stereocenters. The van der Waals surface area contributed by atoms with Crippen LogP contribution in [-0.4, -0.2) is 16.1 Å². The Morgan fingerprint density at radius 1 is 1.56 bits per heavy atom. The van der Waals surface area contributed by atoms with Crippen molar-refractivity contribution in [2.45, 2.75) is 32.3 Å². The van der Waals surface area contributed by atoms with E-state index in [0.29, 0.717) is 17.9 Å². The average Bonchev–Trinajstić information content (AvgIpc) is 2.21. The minimum absolute atomic E-state index is 0.0290. The number of nitro benzene ring substituents is 1. The molecule has 0 bridgehead atoms. The highest BCUT2D eigenvalue weighted by molar-refractivity contribution is 6.31. The van der Waals surface area contributed by atoms with Gasteiger partial charge in [0.15, 0.2) is 0 Å². The average molecular weight is 244 g/mol. The Kier molecular flexibility index (Phi) is 4.71. The van der Waals surface area contributed by atoms with Crippen molar-refractivity contribution < 1.29 is 10.0 Å². The standard InChI is InChI=1S/C11H14ClNO3/c1-2-3-10(14)6-8-4-5-9(13(15)16)7-11(8)12/h4-5,7,10,14H,2-3,6H2,1H3. The minimum atomic E-state index is -0.488. The van der Waals surface area contributed by atoms with Crippen molar-refractivity contribution in [3.05, 3.63) is 38.9 Å². The van der Waals surface area contributed by atoms with Crippen molar-refractivity contribution >= 4 is 17.3 Å². The van der Waals surface area contributed by atoms with Crippen molar-refractivity contribution in [1.29, 1.82) is 0 Å². The Bertz CT molecular complexity index is 381. The van der Waals surface area contributed by atoms with Crippen LogP contribution in [0.25, 0.3) is 0 Å². The molecule has 16 heavy (non-hydrogen) atoms. The van der Waals surface area contributed by atoms with Gasteiger partial charge >= 0.3 is 0 Å². The van der Waals surface area contributed by atoms with Gasteiger partial charge in [0, 0.05) is 12.1 Å². The van der Waals surface area contributed by atoms with Gasteiger partial charge in [0.2, 0.25) is 0 Å². The molecule has 1 unspecified atom stereocenters. The third-order valence-electron chi connectivity index (χ3n) is 2.32. The summed E-state index contributed by atoms with van der Waals surface area (Å²) in [4.78, 5) is 10.00. The Morgan fingerprint density at radius 2 is 2.25 bits per heavy atom. The van der Waals surface area contributed by atoms with Crippen molar-refractivity contribution in [1.82, 2.24) is 0 Å². The largest absolute Gasteiger partial charge is 0.393 e. The number of aliphatic hydroxyl groups excluding tert-OH is 1. The number of hydrogen-bond acceptors (Lipinski definition) is 3. The first kappa shape index (κ1) is 12.9. The SMILES string of the molecule is CCCC(O)Cc1ccc([N+](=O)[O-])cc1Cl. The summed E-state index contributed by atoms with van der Waals surface area (Å²) in [5.41, 5.74) is 0.715. The number of rotatable bonds is 5. The summed E-state index contributed by atoms with van der Waals surface area (Å²) >= 11 is 5.90. The molecule has 1 aromatic carbocycles. The molecule has 1 rings (SSSR count). The highest BCUT2D eigenvalue weighted by atomic mass is 35.5. The predicted octanol–water partition coefficient (Wildman–Crippen LogP) is 2.95. The summed E-state index contributed by atoms with van der Waals surface area (Å²) in [6, 6.07) is 4.31. The number of aliphatic hydroxyl groups is 1. The van der Waals surface area contributed by atoms with Crippen LogP contribution in [0.3, 0.4) is 0 Å². The van der Waals surface area contributed by atoms with Crippen LogP contribution in [0.4, 0.5) is 5.69 Å². The van der Waals surface area contributed by atoms with Crippen LogP contribution in [0.15, 0.2) is 18.2 Å². The molecule has 5 heteroatoms. The molecule has 0 saturated heterocycles. The zero-order valence-corrected chi connectivity index (χ0v) is 9.78. The van der Waals surface area contributed by atoms with Gasteiger partial charge in [0.25, 0.3) is 5.69 Å². The van der Waals surface area contributed by atoms with Crippen LogP contribution in [-0.2, 0) is 6.42 Å². The molecule has 0 spiro atoms. The molecule has 0 aromatic heterocycles. The number of non-ortho nitro benzene ring substituents is 1. The fraction of sp³-hybridized carbons (Fsp3) is 0.455. The van der Waals surface area contributed by atoms with Crippen LogP contribution in [0, 0.1) is 10.1 Å². The maximum absolute atomic E-state index is 10.5. The lowest BCUT2D eigenvalue weighted by Crippen LogP contribution is -2.10. The van der Waals surface area contributed by atoms with Crippen LogP contribution < -0.4 is 0 Å². The number of hydrogen-bond donors (Lipinski definition) is 1. The Hall–Kier alpha value is -1.13. The minimum Gasteiger partial charge on any atom is -0.393 e. The quantitative estimate of drug-likeness (QED) is 0.639. The van der Waals surface area contributed by atoms with Gasteiger partial charge in [-0.15, -0.1) is 0 Å². The van der Waals surface area contributed by atoms with Crippen LogP contribution in [0.5, 0.6) is 0 Å². The van der Waals surface area contributed by atoms with Gasteiger partial charge in [-0.25, -0.2) is 0 Å². The molecule has 0 fully saturated rings. The molecule has 4 nitrogen and oxygen atoms in total. The van der Waals surface area contributed by atoms with E-state index in [1.54, 1.807) is 6.07 Å². The summed E-state index contributed by atoms with van der Waals surface area (Å²) in [6.45, 7) is 1.99. The first-order chi connectivity index (χ1) is 7.54. The van der Waals surface area contributed by atoms with Gasteiger partial charge in [-0.2, -0.15) is 0 Å². The maximum Gasteiger partial charge on any atom is 0.270 e. The van der Waals surface area contributed by atoms with E-state index >= 15 is 0 Å². The molecule has 88 valence electrons. The second-order valence-electron chi connectivity index (χ2n) is 3.68. The summed E-state index contributed by atoms with van der Waals surface area (Å²) in [6.07, 6.45) is 1.59. The maximum atomic E-state index is 10.5. The number of nitro groups is 1. The third kappa shape index (κ3) is 3.47. The van der Waals surface area contributed by atoms with E-state index in [1.807, 2.05) is 6.92 Å². The highest BCUT2D eigenvalue weighted by Crippen LogP contribution is 2.24. The molecule has 1 aromatic rings. The van der Waals surface area contributed by atoms with E-state index in [2.05, 4.69) is 0 Å². The molecular formula is C11H14ClNO3. The zero-order chi connectivity index (χ0) is 12.1. The van der Waals surface area contributed by atoms with E-state index in [0.717, 1.165) is 12.0 Å².